The number of methoxy groups -OCH3 is 1. The first-order chi connectivity index (χ1) is 14.8. The number of ketones is 1. The van der Waals surface area contributed by atoms with Crippen LogP contribution in [-0.4, -0.2) is 28.9 Å². The van der Waals surface area contributed by atoms with E-state index < -0.39 is 17.7 Å². The second kappa shape index (κ2) is 8.17. The third-order valence-corrected chi connectivity index (χ3v) is 6.54. The number of carbonyl (C=O) groups is 2. The molecule has 1 saturated heterocycles. The van der Waals surface area contributed by atoms with E-state index in [9.17, 15) is 14.7 Å². The highest BCUT2D eigenvalue weighted by atomic mass is 35.5. The summed E-state index contributed by atoms with van der Waals surface area (Å²) in [7, 11) is 1.54. The fourth-order valence-corrected chi connectivity index (χ4v) is 4.52. The number of anilines is 1. The molecule has 2 aromatic carbocycles. The predicted octanol–water partition coefficient (Wildman–Crippen LogP) is 5.05. The van der Waals surface area contributed by atoms with Crippen LogP contribution >= 0.6 is 22.9 Å². The molecule has 4 rings (SSSR count). The number of rotatable bonds is 4. The summed E-state index contributed by atoms with van der Waals surface area (Å²) in [6.45, 7) is 3.75. The Morgan fingerprint density at radius 2 is 1.74 bits per heavy atom. The van der Waals surface area contributed by atoms with E-state index in [0.29, 0.717) is 27.0 Å². The minimum Gasteiger partial charge on any atom is -0.507 e. The number of benzene rings is 2. The molecule has 3 aromatic rings. The molecule has 31 heavy (non-hydrogen) atoms. The van der Waals surface area contributed by atoms with Crippen molar-refractivity contribution < 1.29 is 19.4 Å². The summed E-state index contributed by atoms with van der Waals surface area (Å²) in [5, 5.41) is 12.0. The maximum absolute atomic E-state index is 13.1. The molecule has 0 saturated carbocycles. The Kier molecular flexibility index (Phi) is 5.56. The van der Waals surface area contributed by atoms with Crippen LogP contribution in [0.3, 0.4) is 0 Å². The largest absolute Gasteiger partial charge is 0.507 e. The highest BCUT2D eigenvalue weighted by Gasteiger charge is 2.48. The molecule has 1 aromatic heterocycles. The Morgan fingerprint density at radius 3 is 2.29 bits per heavy atom. The van der Waals surface area contributed by atoms with Crippen LogP contribution in [0.25, 0.3) is 5.76 Å². The molecule has 1 N–H and O–H groups in total. The summed E-state index contributed by atoms with van der Waals surface area (Å²) < 4.78 is 5.16. The first-order valence-electron chi connectivity index (χ1n) is 9.46. The molecule has 8 heteroatoms. The molecule has 1 aliphatic rings. The number of carbonyl (C=O) groups excluding carboxylic acids is 2. The Morgan fingerprint density at radius 1 is 1.10 bits per heavy atom. The second-order valence-corrected chi connectivity index (χ2v) is 8.71. The molecule has 1 aliphatic heterocycles. The lowest BCUT2D eigenvalue weighted by atomic mass is 9.95. The third-order valence-electron chi connectivity index (χ3n) is 5.22. The molecule has 0 radical (unpaired) electrons. The number of hydrogen-bond acceptors (Lipinski definition) is 6. The number of ether oxygens (including phenoxy) is 1. The maximum Gasteiger partial charge on any atom is 0.301 e. The monoisotopic (exact) mass is 454 g/mol. The Labute approximate surface area is 188 Å². The van der Waals surface area contributed by atoms with Gasteiger partial charge in [0, 0.05) is 15.5 Å². The van der Waals surface area contributed by atoms with Gasteiger partial charge in [0.15, 0.2) is 5.13 Å². The van der Waals surface area contributed by atoms with E-state index in [-0.39, 0.29) is 11.3 Å². The third kappa shape index (κ3) is 3.71. The minimum atomic E-state index is -0.829. The molecule has 1 atom stereocenters. The normalized spacial score (nSPS) is 17.9. The van der Waals surface area contributed by atoms with Gasteiger partial charge in [-0.2, -0.15) is 0 Å². The fraction of sp³-hybridized carbons (Fsp3) is 0.174. The second-order valence-electron chi connectivity index (χ2n) is 7.09. The van der Waals surface area contributed by atoms with Crippen LogP contribution in [-0.2, 0) is 9.59 Å². The Bertz CT molecular complexity index is 1180. The number of halogens is 1. The van der Waals surface area contributed by atoms with Crippen molar-refractivity contribution in [3.8, 4) is 5.75 Å². The van der Waals surface area contributed by atoms with Gasteiger partial charge in [0.1, 0.15) is 11.5 Å². The van der Waals surface area contributed by atoms with Crippen molar-refractivity contribution in [2.75, 3.05) is 12.0 Å². The van der Waals surface area contributed by atoms with Crippen LogP contribution in [0.4, 0.5) is 5.13 Å². The van der Waals surface area contributed by atoms with E-state index in [2.05, 4.69) is 4.98 Å². The molecule has 2 heterocycles. The smallest absolute Gasteiger partial charge is 0.301 e. The molecule has 158 valence electrons. The van der Waals surface area contributed by atoms with Crippen molar-refractivity contribution in [2.24, 2.45) is 0 Å². The van der Waals surface area contributed by atoms with E-state index in [0.717, 1.165) is 10.6 Å². The van der Waals surface area contributed by atoms with Gasteiger partial charge in [0.2, 0.25) is 0 Å². The van der Waals surface area contributed by atoms with Gasteiger partial charge in [0.05, 0.1) is 24.4 Å². The van der Waals surface area contributed by atoms with Gasteiger partial charge in [-0.05, 0) is 55.8 Å². The molecule has 1 fully saturated rings. The molecule has 0 bridgehead atoms. The SMILES string of the molecule is COc1ccc(C(O)=C2C(=O)C(=O)N(c3nc(C)c(C)s3)[C@H]2c2ccc(Cl)cc2)cc1. The van der Waals surface area contributed by atoms with Crippen LogP contribution in [0.2, 0.25) is 5.02 Å². The standard InChI is InChI=1S/C23H19ClN2O4S/c1-12-13(2)31-23(25-12)26-19(14-4-8-16(24)9-5-14)18(21(28)22(26)29)20(27)15-6-10-17(30-3)11-7-15/h4-11,19,27H,1-3H3/t19-/m0/s1. The zero-order valence-electron chi connectivity index (χ0n) is 17.0. The van der Waals surface area contributed by atoms with Crippen molar-refractivity contribution >= 4 is 45.5 Å². The van der Waals surface area contributed by atoms with E-state index in [1.54, 1.807) is 55.6 Å². The predicted molar refractivity (Wildman–Crippen MR) is 121 cm³/mol. The van der Waals surface area contributed by atoms with Crippen LogP contribution in [0.15, 0.2) is 54.1 Å². The maximum atomic E-state index is 13.1. The number of amides is 1. The van der Waals surface area contributed by atoms with E-state index in [1.807, 2.05) is 13.8 Å². The van der Waals surface area contributed by atoms with Crippen LogP contribution in [0.1, 0.15) is 27.7 Å². The topological polar surface area (TPSA) is 79.7 Å². The molecular weight excluding hydrogens is 436 g/mol. The average molecular weight is 455 g/mol. The van der Waals surface area contributed by atoms with E-state index >= 15 is 0 Å². The first-order valence-corrected chi connectivity index (χ1v) is 10.7. The van der Waals surface area contributed by atoms with Gasteiger partial charge < -0.3 is 9.84 Å². The van der Waals surface area contributed by atoms with Crippen molar-refractivity contribution in [1.29, 1.82) is 0 Å². The van der Waals surface area contributed by atoms with Crippen molar-refractivity contribution in [3.63, 3.8) is 0 Å². The fourth-order valence-electron chi connectivity index (χ4n) is 3.45. The molecule has 6 nitrogen and oxygen atoms in total. The van der Waals surface area contributed by atoms with Gasteiger partial charge in [-0.15, -0.1) is 11.3 Å². The summed E-state index contributed by atoms with van der Waals surface area (Å²) in [6.07, 6.45) is 0. The number of nitrogens with zero attached hydrogens (tertiary/aromatic N) is 2. The lowest BCUT2D eigenvalue weighted by molar-refractivity contribution is -0.132. The number of thiazole rings is 1. The molecular formula is C23H19ClN2O4S. The quantitative estimate of drug-likeness (QED) is 0.339. The van der Waals surface area contributed by atoms with Gasteiger partial charge >= 0.3 is 5.91 Å². The highest BCUT2D eigenvalue weighted by molar-refractivity contribution is 7.16. The lowest BCUT2D eigenvalue weighted by Crippen LogP contribution is -2.29. The molecule has 0 spiro atoms. The van der Waals surface area contributed by atoms with Crippen molar-refractivity contribution in [1.82, 2.24) is 4.98 Å². The van der Waals surface area contributed by atoms with E-state index in [4.69, 9.17) is 16.3 Å². The Balaban J connectivity index is 1.92. The van der Waals surface area contributed by atoms with Gasteiger partial charge in [-0.25, -0.2) is 4.98 Å². The Hall–Kier alpha value is -3.16. The van der Waals surface area contributed by atoms with Crippen molar-refractivity contribution in [3.05, 3.63) is 80.8 Å². The summed E-state index contributed by atoms with van der Waals surface area (Å²) in [5.74, 6) is -1.14. The van der Waals surface area contributed by atoms with Crippen LogP contribution in [0.5, 0.6) is 5.75 Å². The summed E-state index contributed by atoms with van der Waals surface area (Å²) >= 11 is 7.37. The average Bonchev–Trinajstić information content (AvgIpc) is 3.23. The summed E-state index contributed by atoms with van der Waals surface area (Å²) in [5.41, 5.74) is 1.84. The van der Waals surface area contributed by atoms with Gasteiger partial charge in [-0.1, -0.05) is 23.7 Å². The molecule has 0 aliphatic carbocycles. The number of hydrogen-bond donors (Lipinski definition) is 1. The van der Waals surface area contributed by atoms with E-state index in [1.165, 1.54) is 16.2 Å². The van der Waals surface area contributed by atoms with Gasteiger partial charge in [0.25, 0.3) is 5.78 Å². The number of aliphatic hydroxyl groups is 1. The molecule has 0 unspecified atom stereocenters. The van der Waals surface area contributed by atoms with Crippen LogP contribution < -0.4 is 9.64 Å². The van der Waals surface area contributed by atoms with Crippen LogP contribution in [0, 0.1) is 13.8 Å². The van der Waals surface area contributed by atoms with Gasteiger partial charge in [-0.3, -0.25) is 14.5 Å². The number of aromatic nitrogens is 1. The minimum absolute atomic E-state index is 0.00277. The number of Topliss-reactive ketones (excluding diaryl/α,β-unsaturated/α-hetero) is 1. The zero-order chi connectivity index (χ0) is 22.3. The number of aryl methyl sites for hydroxylation is 2. The van der Waals surface area contributed by atoms with Crippen molar-refractivity contribution in [2.45, 2.75) is 19.9 Å². The highest BCUT2D eigenvalue weighted by Crippen LogP contribution is 2.43. The zero-order valence-corrected chi connectivity index (χ0v) is 18.6. The summed E-state index contributed by atoms with van der Waals surface area (Å²) in [4.78, 5) is 32.9. The summed E-state index contributed by atoms with van der Waals surface area (Å²) in [6, 6.07) is 12.6. The first kappa shape index (κ1) is 21.1. The molecule has 1 amide bonds. The number of aliphatic hydroxyl groups excluding tert-OH is 1. The lowest BCUT2D eigenvalue weighted by Gasteiger charge is -2.23.